The molecule has 1 fully saturated rings. The predicted octanol–water partition coefficient (Wildman–Crippen LogP) is 6.80. The zero-order valence-corrected chi connectivity index (χ0v) is 25.8. The van der Waals surface area contributed by atoms with Crippen molar-refractivity contribution in [1.29, 1.82) is 0 Å². The molecule has 5 aromatic rings. The number of thiophene rings is 1. The Morgan fingerprint density at radius 2 is 1.89 bits per heavy atom. The highest BCUT2D eigenvalue weighted by atomic mass is 32.1. The van der Waals surface area contributed by atoms with Gasteiger partial charge in [0.05, 0.1) is 33.1 Å². The number of thiocarbonyl (C=S) groups is 1. The Hall–Kier alpha value is -4.56. The molecule has 1 saturated heterocycles. The number of anilines is 2. The van der Waals surface area contributed by atoms with Crippen LogP contribution in [0.3, 0.4) is 0 Å². The van der Waals surface area contributed by atoms with Crippen LogP contribution in [-0.2, 0) is 11.3 Å². The highest BCUT2D eigenvalue weighted by Crippen LogP contribution is 2.39. The Bertz CT molecular complexity index is 1850. The van der Waals surface area contributed by atoms with Crippen molar-refractivity contribution in [2.75, 3.05) is 43.6 Å². The number of carbonyl (C=O) groups excluding carboxylic acids is 1. The van der Waals surface area contributed by atoms with Crippen LogP contribution in [0.5, 0.6) is 11.5 Å². The van der Waals surface area contributed by atoms with Crippen LogP contribution in [0, 0.1) is 11.6 Å². The van der Waals surface area contributed by atoms with Gasteiger partial charge in [-0.15, -0.1) is 11.3 Å². The minimum Gasteiger partial charge on any atom is -0.453 e. The van der Waals surface area contributed by atoms with Gasteiger partial charge in [0.15, 0.2) is 16.7 Å². The van der Waals surface area contributed by atoms with Crippen molar-refractivity contribution < 1.29 is 23.0 Å². The largest absolute Gasteiger partial charge is 0.453 e. The summed E-state index contributed by atoms with van der Waals surface area (Å²) in [7, 11) is 1.67. The molecule has 0 saturated carbocycles. The zero-order valence-electron chi connectivity index (χ0n) is 24.1. The summed E-state index contributed by atoms with van der Waals surface area (Å²) in [5, 5.41) is 6.12. The molecule has 2 N–H and O–H groups in total. The highest BCUT2D eigenvalue weighted by Gasteiger charge is 2.32. The van der Waals surface area contributed by atoms with E-state index in [1.54, 1.807) is 42.5 Å². The van der Waals surface area contributed by atoms with E-state index in [0.29, 0.717) is 36.6 Å². The van der Waals surface area contributed by atoms with E-state index in [2.05, 4.69) is 20.6 Å². The first-order valence-electron chi connectivity index (χ1n) is 14.1. The molecule has 0 spiro atoms. The molecule has 0 bridgehead atoms. The smallest absolute Gasteiger partial charge is 0.328 e. The first kappa shape index (κ1) is 30.5. The number of benzene rings is 2. The Labute approximate surface area is 267 Å². The van der Waals surface area contributed by atoms with Crippen LogP contribution in [0.15, 0.2) is 79.1 Å². The molecule has 45 heavy (non-hydrogen) atoms. The molecule has 0 unspecified atom stereocenters. The molecule has 230 valence electrons. The minimum absolute atomic E-state index is 0.0127. The van der Waals surface area contributed by atoms with Crippen LogP contribution >= 0.6 is 23.6 Å². The number of nitrogens with one attached hydrogen (secondary N) is 2. The third kappa shape index (κ3) is 6.76. The molecule has 0 atom stereocenters. The van der Waals surface area contributed by atoms with Gasteiger partial charge in [0.1, 0.15) is 11.6 Å². The summed E-state index contributed by atoms with van der Waals surface area (Å²) in [5.41, 5.74) is 3.07. The van der Waals surface area contributed by atoms with Gasteiger partial charge in [0, 0.05) is 63.5 Å². The summed E-state index contributed by atoms with van der Waals surface area (Å²) in [6.45, 7) is 2.69. The molecule has 6 rings (SSSR count). The van der Waals surface area contributed by atoms with Gasteiger partial charge in [0.2, 0.25) is 0 Å². The summed E-state index contributed by atoms with van der Waals surface area (Å²) in [5.74, 6) is -0.663. The van der Waals surface area contributed by atoms with E-state index < -0.39 is 17.7 Å². The van der Waals surface area contributed by atoms with Crippen molar-refractivity contribution in [1.82, 2.24) is 20.2 Å². The fourth-order valence-corrected chi connectivity index (χ4v) is 6.20. The van der Waals surface area contributed by atoms with Crippen LogP contribution in [0.25, 0.3) is 20.8 Å². The molecule has 0 aliphatic carbocycles. The molecule has 3 aromatic heterocycles. The SMILES string of the molecule is COCCNCc1ccc(-c2cc3nccc(Oc4ccc(NC(=O)N5CCN(c6ccccc6F)C5=S)cc4F)c3s2)nc1. The predicted molar refractivity (Wildman–Crippen MR) is 175 cm³/mol. The fourth-order valence-electron chi connectivity index (χ4n) is 4.79. The Kier molecular flexibility index (Phi) is 9.21. The molecular weight excluding hydrogens is 619 g/mol. The van der Waals surface area contributed by atoms with Gasteiger partial charge in [-0.25, -0.2) is 13.6 Å². The van der Waals surface area contributed by atoms with E-state index in [1.807, 2.05) is 24.4 Å². The summed E-state index contributed by atoms with van der Waals surface area (Å²) in [4.78, 5) is 25.8. The number of urea groups is 1. The van der Waals surface area contributed by atoms with E-state index in [0.717, 1.165) is 27.4 Å². The van der Waals surface area contributed by atoms with Crippen molar-refractivity contribution in [2.24, 2.45) is 0 Å². The Balaban J connectivity index is 1.12. The van der Waals surface area contributed by atoms with Crippen molar-refractivity contribution in [2.45, 2.75) is 6.54 Å². The van der Waals surface area contributed by atoms with Gasteiger partial charge in [-0.05, 0) is 54.2 Å². The quantitative estimate of drug-likeness (QED) is 0.126. The maximum absolute atomic E-state index is 15.2. The van der Waals surface area contributed by atoms with Crippen LogP contribution in [0.2, 0.25) is 0 Å². The summed E-state index contributed by atoms with van der Waals surface area (Å²) < 4.78 is 41.3. The second kappa shape index (κ2) is 13.6. The Morgan fingerprint density at radius 1 is 1.02 bits per heavy atom. The number of halogens is 2. The van der Waals surface area contributed by atoms with E-state index in [4.69, 9.17) is 21.7 Å². The molecule has 1 aliphatic heterocycles. The fraction of sp³-hybridized carbons (Fsp3) is 0.188. The molecule has 13 heteroatoms. The van der Waals surface area contributed by atoms with Gasteiger partial charge in [-0.3, -0.25) is 14.9 Å². The van der Waals surface area contributed by atoms with Gasteiger partial charge in [-0.2, -0.15) is 0 Å². The number of carbonyl (C=O) groups is 1. The highest BCUT2D eigenvalue weighted by molar-refractivity contribution is 7.80. The number of fused-ring (bicyclic) bond motifs is 1. The topological polar surface area (TPSA) is 91.8 Å². The van der Waals surface area contributed by atoms with Crippen LogP contribution < -0.4 is 20.3 Å². The standard InChI is InChI=1S/C32H28F2N6O3S2/c1-42-15-12-35-18-20-6-8-24(37-19-20)29-17-25-30(45-29)28(10-11-36-25)43-27-9-7-21(16-23(27)34)38-31(41)40-14-13-39(32(40)44)26-5-3-2-4-22(26)33/h2-11,16-17,19,35H,12-15,18H2,1H3,(H,38,41). The number of rotatable bonds is 10. The molecule has 9 nitrogen and oxygen atoms in total. The van der Waals surface area contributed by atoms with Crippen molar-refractivity contribution in [3.05, 3.63) is 96.3 Å². The van der Waals surface area contributed by atoms with Crippen molar-refractivity contribution in [3.8, 4) is 22.1 Å². The number of methoxy groups -OCH3 is 1. The van der Waals surface area contributed by atoms with Gasteiger partial charge >= 0.3 is 6.03 Å². The minimum atomic E-state index is -0.664. The number of pyridine rings is 2. The average Bonchev–Trinajstić information content (AvgIpc) is 3.65. The van der Waals surface area contributed by atoms with E-state index >= 15 is 4.39 Å². The average molecular weight is 647 g/mol. The Morgan fingerprint density at radius 3 is 2.67 bits per heavy atom. The van der Waals surface area contributed by atoms with Crippen LogP contribution in [-0.4, -0.2) is 59.4 Å². The first-order valence-corrected chi connectivity index (χ1v) is 15.3. The lowest BCUT2D eigenvalue weighted by atomic mass is 10.2. The van der Waals surface area contributed by atoms with Crippen LogP contribution in [0.4, 0.5) is 25.0 Å². The van der Waals surface area contributed by atoms with E-state index in [-0.39, 0.29) is 23.1 Å². The second-order valence-electron chi connectivity index (χ2n) is 10.1. The van der Waals surface area contributed by atoms with Crippen LogP contribution in [0.1, 0.15) is 5.56 Å². The van der Waals surface area contributed by atoms with Gasteiger partial charge in [-0.1, -0.05) is 18.2 Å². The summed E-state index contributed by atoms with van der Waals surface area (Å²) >= 11 is 6.88. The number of para-hydroxylation sites is 1. The normalized spacial score (nSPS) is 13.1. The number of amides is 2. The lowest BCUT2D eigenvalue weighted by Crippen LogP contribution is -2.39. The molecule has 0 radical (unpaired) electrons. The monoisotopic (exact) mass is 646 g/mol. The maximum atomic E-state index is 15.2. The summed E-state index contributed by atoms with van der Waals surface area (Å²) in [6, 6.07) is 17.4. The lowest BCUT2D eigenvalue weighted by Gasteiger charge is -2.21. The lowest BCUT2D eigenvalue weighted by molar-refractivity contribution is 0.199. The second-order valence-corrected chi connectivity index (χ2v) is 11.5. The molecule has 4 heterocycles. The molecule has 2 amide bonds. The van der Waals surface area contributed by atoms with Gasteiger partial charge < -0.3 is 25.0 Å². The third-order valence-corrected chi connectivity index (χ3v) is 8.67. The number of aromatic nitrogens is 2. The third-order valence-electron chi connectivity index (χ3n) is 7.07. The molecule has 2 aromatic carbocycles. The maximum Gasteiger partial charge on any atom is 0.328 e. The van der Waals surface area contributed by atoms with Crippen molar-refractivity contribution in [3.63, 3.8) is 0 Å². The van der Waals surface area contributed by atoms with E-state index in [9.17, 15) is 9.18 Å². The van der Waals surface area contributed by atoms with E-state index in [1.165, 1.54) is 40.5 Å². The van der Waals surface area contributed by atoms with Gasteiger partial charge in [0.25, 0.3) is 0 Å². The molecular formula is C32H28F2N6O3S2. The van der Waals surface area contributed by atoms with Crippen molar-refractivity contribution >= 4 is 56.3 Å². The first-order chi connectivity index (χ1) is 21.9. The number of nitrogens with zero attached hydrogens (tertiary/aromatic N) is 4. The number of ether oxygens (including phenoxy) is 2. The number of hydrogen-bond donors (Lipinski definition) is 2. The number of hydrogen-bond acceptors (Lipinski definition) is 8. The zero-order chi connectivity index (χ0) is 31.3. The summed E-state index contributed by atoms with van der Waals surface area (Å²) in [6.07, 6.45) is 3.43. The molecule has 1 aliphatic rings.